The first-order chi connectivity index (χ1) is 22.2. The third-order valence-electron chi connectivity index (χ3n) is 9.71. The normalized spacial score (nSPS) is 16.9. The summed E-state index contributed by atoms with van der Waals surface area (Å²) in [6.07, 6.45) is 19.1. The van der Waals surface area contributed by atoms with Crippen molar-refractivity contribution in [3.63, 3.8) is 0 Å². The third kappa shape index (κ3) is 8.39. The molecule has 3 heterocycles. The molecule has 246 valence electrons. The number of aromatic nitrogens is 2. The molecule has 7 nitrogen and oxygen atoms in total. The van der Waals surface area contributed by atoms with E-state index in [-0.39, 0.29) is 17.1 Å². The number of piperidine rings is 1. The molecule has 2 aromatic carbocycles. The van der Waals surface area contributed by atoms with Crippen molar-refractivity contribution in [3.8, 4) is 24.1 Å². The molecule has 0 bridgehead atoms. The average Bonchev–Trinajstić information content (AvgIpc) is 3.67. The highest BCUT2D eigenvalue weighted by Crippen LogP contribution is 2.47. The van der Waals surface area contributed by atoms with E-state index in [0.29, 0.717) is 42.2 Å². The van der Waals surface area contributed by atoms with Crippen molar-refractivity contribution in [1.82, 2.24) is 19.8 Å². The summed E-state index contributed by atoms with van der Waals surface area (Å²) in [5.41, 5.74) is 3.85. The Labute approximate surface area is 275 Å². The van der Waals surface area contributed by atoms with E-state index < -0.39 is 0 Å². The van der Waals surface area contributed by atoms with Crippen molar-refractivity contribution in [1.29, 1.82) is 0 Å². The molecular weight excluding hydrogens is 572 g/mol. The van der Waals surface area contributed by atoms with Crippen LogP contribution in [0.3, 0.4) is 0 Å². The van der Waals surface area contributed by atoms with E-state index in [9.17, 15) is 9.90 Å². The lowest BCUT2D eigenvalue weighted by Gasteiger charge is -2.30. The zero-order valence-electron chi connectivity index (χ0n) is 28.4. The van der Waals surface area contributed by atoms with Crippen LogP contribution >= 0.6 is 0 Å². The zero-order valence-corrected chi connectivity index (χ0v) is 28.4. The van der Waals surface area contributed by atoms with Gasteiger partial charge in [-0.2, -0.15) is 4.98 Å². The topological polar surface area (TPSA) is 78.8 Å². The largest absolute Gasteiger partial charge is 0.508 e. The minimum atomic E-state index is -0.193. The predicted molar refractivity (Wildman–Crippen MR) is 185 cm³/mol. The lowest BCUT2D eigenvalue weighted by molar-refractivity contribution is 0.0751. The number of nitrogens with zero attached hydrogens (tertiary/aromatic N) is 4. The number of fused-ring (bicyclic) bond motifs is 2. The first kappa shape index (κ1) is 33.7. The molecule has 0 unspecified atom stereocenters. The smallest absolute Gasteiger partial charge is 0.316 e. The highest BCUT2D eigenvalue weighted by atomic mass is 16.5. The molecule has 1 N–H and O–H groups in total. The Kier molecular flexibility index (Phi) is 11.2. The molecule has 0 spiro atoms. The number of hydrogen-bond donors (Lipinski definition) is 1. The van der Waals surface area contributed by atoms with E-state index in [4.69, 9.17) is 16.1 Å². The maximum atomic E-state index is 13.7. The fraction of sp³-hybridized carbons (Fsp3) is 0.564. The second-order valence-electron chi connectivity index (χ2n) is 14.1. The highest BCUT2D eigenvalue weighted by molar-refractivity contribution is 6.09. The first-order valence-corrected chi connectivity index (χ1v) is 17.4. The summed E-state index contributed by atoms with van der Waals surface area (Å²) in [5, 5.41) is 11.7. The van der Waals surface area contributed by atoms with Gasteiger partial charge in [-0.3, -0.25) is 4.79 Å². The Bertz CT molecular complexity index is 1550. The molecule has 46 heavy (non-hydrogen) atoms. The first-order valence-electron chi connectivity index (χ1n) is 17.4. The number of aromatic hydroxyl groups is 1. The van der Waals surface area contributed by atoms with Crippen molar-refractivity contribution in [3.05, 3.63) is 58.4 Å². The van der Waals surface area contributed by atoms with Crippen LogP contribution < -0.4 is 4.74 Å². The van der Waals surface area contributed by atoms with Crippen LogP contribution in [-0.4, -0.2) is 57.0 Å². The molecule has 1 amide bonds. The molecule has 6 rings (SSSR count). The number of phenolic OH excluding ortho intramolecular Hbond substituents is 1. The number of likely N-dealkylation sites (tertiary alicyclic amines) is 1. The summed E-state index contributed by atoms with van der Waals surface area (Å²) in [6, 6.07) is 9.01. The van der Waals surface area contributed by atoms with Crippen LogP contribution in [0.15, 0.2) is 30.3 Å². The second-order valence-corrected chi connectivity index (χ2v) is 14.1. The summed E-state index contributed by atoms with van der Waals surface area (Å²) >= 11 is 0. The van der Waals surface area contributed by atoms with Crippen molar-refractivity contribution < 1.29 is 14.6 Å². The highest BCUT2D eigenvalue weighted by Gasteiger charge is 2.45. The van der Waals surface area contributed by atoms with Crippen LogP contribution in [0.25, 0.3) is 10.8 Å². The van der Waals surface area contributed by atoms with Crippen LogP contribution in [0.2, 0.25) is 0 Å². The number of rotatable bonds is 11. The van der Waals surface area contributed by atoms with E-state index in [0.717, 1.165) is 34.8 Å². The molecule has 1 aliphatic carbocycles. The summed E-state index contributed by atoms with van der Waals surface area (Å²) in [7, 11) is 0. The summed E-state index contributed by atoms with van der Waals surface area (Å²) in [5.74, 6) is 3.42. The van der Waals surface area contributed by atoms with Crippen LogP contribution in [0, 0.1) is 30.6 Å². The number of terminal acetylenes is 1. The fourth-order valence-electron chi connectivity index (χ4n) is 6.78. The van der Waals surface area contributed by atoms with Gasteiger partial charge in [0.1, 0.15) is 5.75 Å². The second kappa shape index (κ2) is 15.3. The number of benzene rings is 2. The standard InChI is InChI=1S/C30H32N4O3.C9H20/c1-3-21-8-7-9-22-14-23(35)15-24(27(21)22)28(36)34-16-25-20(2)31-29(32-26(25)17-34)37-19-30(10-11-30)18-33-12-5-4-6-13-33;1-4-5-6-7-8-9(2)3/h1,7-9,14-15,35H,4-6,10-13,16-19H2,2H3;9H,4-8H2,1-3H3. The van der Waals surface area contributed by atoms with Crippen LogP contribution in [-0.2, 0) is 13.1 Å². The minimum absolute atomic E-state index is 0.0342. The molecule has 7 heteroatoms. The molecule has 1 saturated carbocycles. The summed E-state index contributed by atoms with van der Waals surface area (Å²) in [4.78, 5) is 27.3. The number of phenols is 1. The van der Waals surface area contributed by atoms with Gasteiger partial charge in [0.25, 0.3) is 5.91 Å². The van der Waals surface area contributed by atoms with Crippen LogP contribution in [0.1, 0.15) is 118 Å². The van der Waals surface area contributed by atoms with Crippen molar-refractivity contribution in [2.24, 2.45) is 11.3 Å². The number of unbranched alkanes of at least 4 members (excludes halogenated alkanes) is 3. The lowest BCUT2D eigenvalue weighted by atomic mass is 9.98. The van der Waals surface area contributed by atoms with E-state index in [1.807, 2.05) is 25.1 Å². The Morgan fingerprint density at radius 1 is 1.09 bits per heavy atom. The molecular formula is C39H52N4O3. The minimum Gasteiger partial charge on any atom is -0.508 e. The quantitative estimate of drug-likeness (QED) is 0.172. The van der Waals surface area contributed by atoms with Gasteiger partial charge in [0.05, 0.1) is 31.0 Å². The number of ether oxygens (including phenoxy) is 1. The summed E-state index contributed by atoms with van der Waals surface area (Å²) < 4.78 is 6.16. The van der Waals surface area contributed by atoms with Gasteiger partial charge in [-0.25, -0.2) is 4.98 Å². The van der Waals surface area contributed by atoms with Crippen molar-refractivity contribution >= 4 is 16.7 Å². The van der Waals surface area contributed by atoms with Gasteiger partial charge in [0.15, 0.2) is 0 Å². The molecule has 2 fully saturated rings. The van der Waals surface area contributed by atoms with Crippen LogP contribution in [0.5, 0.6) is 11.8 Å². The molecule has 1 saturated heterocycles. The summed E-state index contributed by atoms with van der Waals surface area (Å²) in [6.45, 7) is 13.7. The third-order valence-corrected chi connectivity index (χ3v) is 9.71. The maximum Gasteiger partial charge on any atom is 0.316 e. The predicted octanol–water partition coefficient (Wildman–Crippen LogP) is 8.04. The molecule has 0 radical (unpaired) electrons. The van der Waals surface area contributed by atoms with Gasteiger partial charge in [0.2, 0.25) is 0 Å². The number of carbonyl (C=O) groups is 1. The van der Waals surface area contributed by atoms with Gasteiger partial charge in [-0.1, -0.05) is 77.3 Å². The molecule has 2 aliphatic heterocycles. The Balaban J connectivity index is 0.000000407. The lowest BCUT2D eigenvalue weighted by Crippen LogP contribution is -2.37. The maximum absolute atomic E-state index is 13.7. The number of hydrogen-bond acceptors (Lipinski definition) is 6. The van der Waals surface area contributed by atoms with Gasteiger partial charge in [0, 0.05) is 34.2 Å². The molecule has 3 aromatic rings. The van der Waals surface area contributed by atoms with Crippen LogP contribution in [0.4, 0.5) is 0 Å². The number of aryl methyl sites for hydroxylation is 1. The number of carbonyl (C=O) groups excluding carboxylic acids is 1. The van der Waals surface area contributed by atoms with E-state index in [1.165, 1.54) is 83.4 Å². The number of amides is 1. The van der Waals surface area contributed by atoms with Gasteiger partial charge >= 0.3 is 6.01 Å². The van der Waals surface area contributed by atoms with E-state index >= 15 is 0 Å². The zero-order chi connectivity index (χ0) is 32.7. The fourth-order valence-corrected chi connectivity index (χ4v) is 6.78. The monoisotopic (exact) mass is 624 g/mol. The average molecular weight is 625 g/mol. The molecule has 1 aromatic heterocycles. The van der Waals surface area contributed by atoms with E-state index in [2.05, 4.69) is 36.6 Å². The van der Waals surface area contributed by atoms with Crippen molar-refractivity contribution in [2.75, 3.05) is 26.2 Å². The molecule has 0 atom stereocenters. The Hall–Kier alpha value is -3.63. The van der Waals surface area contributed by atoms with E-state index in [1.54, 1.807) is 11.0 Å². The SMILES string of the molecule is C#Cc1cccc2cc(O)cc(C(=O)N3Cc4nc(OCC5(CN6CCCCC6)CC5)nc(C)c4C3)c12.CCCCCCC(C)C. The Morgan fingerprint density at radius 3 is 2.57 bits per heavy atom. The Morgan fingerprint density at radius 2 is 1.87 bits per heavy atom. The molecule has 3 aliphatic rings. The van der Waals surface area contributed by atoms with Gasteiger partial charge in [-0.05, 0) is 75.2 Å². The van der Waals surface area contributed by atoms with Crippen molar-refractivity contribution in [2.45, 2.75) is 105 Å². The van der Waals surface area contributed by atoms with Gasteiger partial charge in [-0.15, -0.1) is 6.42 Å². The van der Waals surface area contributed by atoms with Gasteiger partial charge < -0.3 is 19.6 Å².